The maximum atomic E-state index is 5.91. The third-order valence-electron chi connectivity index (χ3n) is 2.89. The van der Waals surface area contributed by atoms with Crippen molar-refractivity contribution in [1.29, 1.82) is 0 Å². The van der Waals surface area contributed by atoms with E-state index in [0.29, 0.717) is 32.2 Å². The van der Waals surface area contributed by atoms with Gasteiger partial charge in [0.1, 0.15) is 6.10 Å². The largest absolute Gasteiger partial charge is 0.365 e. The van der Waals surface area contributed by atoms with Gasteiger partial charge >= 0.3 is 0 Å². The van der Waals surface area contributed by atoms with E-state index in [1.165, 1.54) is 0 Å². The van der Waals surface area contributed by atoms with Gasteiger partial charge in [-0.2, -0.15) is 0 Å². The normalized spacial score (nSPS) is 12.3. The monoisotopic (exact) mass is 304 g/mol. The molecule has 0 spiro atoms. The van der Waals surface area contributed by atoms with Gasteiger partial charge in [-0.05, 0) is 31.9 Å². The van der Waals surface area contributed by atoms with Gasteiger partial charge in [0.05, 0.1) is 6.61 Å². The molecule has 0 amide bonds. The molecular formula is C19H28O3. The molecule has 0 fully saturated rings. The van der Waals surface area contributed by atoms with Gasteiger partial charge in [-0.15, -0.1) is 0 Å². The van der Waals surface area contributed by atoms with E-state index in [9.17, 15) is 0 Å². The lowest BCUT2D eigenvalue weighted by Crippen LogP contribution is -2.26. The molecule has 0 aromatic heterocycles. The van der Waals surface area contributed by atoms with Crippen molar-refractivity contribution < 1.29 is 14.2 Å². The molecule has 0 aliphatic carbocycles. The molecule has 0 heterocycles. The van der Waals surface area contributed by atoms with Crippen LogP contribution in [0.15, 0.2) is 30.3 Å². The minimum Gasteiger partial charge on any atom is -0.365 e. The lowest BCUT2D eigenvalue weighted by Gasteiger charge is -2.21. The van der Waals surface area contributed by atoms with E-state index >= 15 is 0 Å². The van der Waals surface area contributed by atoms with Crippen LogP contribution in [0.1, 0.15) is 39.7 Å². The number of hydrogen-bond donors (Lipinski definition) is 0. The summed E-state index contributed by atoms with van der Waals surface area (Å²) < 4.78 is 17.1. The molecule has 0 N–H and O–H groups in total. The van der Waals surface area contributed by atoms with Gasteiger partial charge in [-0.1, -0.05) is 43.9 Å². The highest BCUT2D eigenvalue weighted by atomic mass is 16.7. The molecule has 3 heteroatoms. The maximum Gasteiger partial charge on any atom is 0.160 e. The minimum absolute atomic E-state index is 0.189. The van der Waals surface area contributed by atoms with Crippen LogP contribution in [0.25, 0.3) is 0 Å². The fourth-order valence-electron chi connectivity index (χ4n) is 1.89. The molecule has 0 aliphatic heterocycles. The van der Waals surface area contributed by atoms with E-state index in [1.54, 1.807) is 0 Å². The molecule has 22 heavy (non-hydrogen) atoms. The third-order valence-corrected chi connectivity index (χ3v) is 2.89. The Kier molecular flexibility index (Phi) is 9.57. The summed E-state index contributed by atoms with van der Waals surface area (Å²) in [7, 11) is 0. The number of benzene rings is 1. The number of hydrogen-bond acceptors (Lipinski definition) is 3. The maximum absolute atomic E-state index is 5.91. The first-order valence-corrected chi connectivity index (χ1v) is 8.07. The van der Waals surface area contributed by atoms with E-state index in [-0.39, 0.29) is 12.4 Å². The average Bonchev–Trinajstić information content (AvgIpc) is 2.51. The lowest BCUT2D eigenvalue weighted by molar-refractivity contribution is -0.153. The van der Waals surface area contributed by atoms with Crippen LogP contribution in [-0.2, 0) is 14.2 Å². The topological polar surface area (TPSA) is 27.7 Å². The lowest BCUT2D eigenvalue weighted by atomic mass is 10.2. The zero-order valence-electron chi connectivity index (χ0n) is 14.2. The third kappa shape index (κ3) is 8.19. The highest BCUT2D eigenvalue weighted by molar-refractivity contribution is 5.34. The van der Waals surface area contributed by atoms with Crippen LogP contribution < -0.4 is 0 Å². The van der Waals surface area contributed by atoms with Crippen molar-refractivity contribution in [3.63, 3.8) is 0 Å². The van der Waals surface area contributed by atoms with Crippen molar-refractivity contribution in [2.75, 3.05) is 19.8 Å². The van der Waals surface area contributed by atoms with Crippen molar-refractivity contribution in [2.24, 2.45) is 5.92 Å². The van der Waals surface area contributed by atoms with Crippen molar-refractivity contribution in [3.05, 3.63) is 35.9 Å². The van der Waals surface area contributed by atoms with Crippen LogP contribution in [-0.4, -0.2) is 32.2 Å². The molecule has 0 aliphatic rings. The van der Waals surface area contributed by atoms with Crippen LogP contribution in [0.2, 0.25) is 0 Å². The van der Waals surface area contributed by atoms with Crippen LogP contribution in [0.5, 0.6) is 0 Å². The summed E-state index contributed by atoms with van der Waals surface area (Å²) in [6.07, 6.45) is 0.164. The van der Waals surface area contributed by atoms with Gasteiger partial charge in [0.15, 0.2) is 6.29 Å². The molecule has 1 unspecified atom stereocenters. The second-order valence-electron chi connectivity index (χ2n) is 5.43. The molecule has 0 saturated heterocycles. The summed E-state index contributed by atoms with van der Waals surface area (Å²) in [5.74, 6) is 6.85. The number of ether oxygens (including phenoxy) is 3. The molecular weight excluding hydrogens is 276 g/mol. The summed E-state index contributed by atoms with van der Waals surface area (Å²) in [6, 6.07) is 9.94. The zero-order valence-corrected chi connectivity index (χ0v) is 14.2. The molecule has 0 saturated carbocycles. The molecule has 1 rings (SSSR count). The number of rotatable bonds is 9. The smallest absolute Gasteiger partial charge is 0.160 e. The first-order valence-electron chi connectivity index (χ1n) is 8.07. The van der Waals surface area contributed by atoms with E-state index in [1.807, 2.05) is 44.2 Å². The molecule has 1 atom stereocenters. The molecule has 0 radical (unpaired) electrons. The predicted molar refractivity (Wildman–Crippen MR) is 89.6 cm³/mol. The SMILES string of the molecule is CCOC(CC(C#Cc1ccccc1)OCC(C)C)OCC. The van der Waals surface area contributed by atoms with Gasteiger partial charge in [-0.25, -0.2) is 0 Å². The van der Waals surface area contributed by atoms with Gasteiger partial charge in [-0.3, -0.25) is 0 Å². The molecule has 1 aromatic carbocycles. The summed E-state index contributed by atoms with van der Waals surface area (Å²) in [5, 5.41) is 0. The molecule has 1 aromatic rings. The van der Waals surface area contributed by atoms with Crippen LogP contribution in [0.3, 0.4) is 0 Å². The average molecular weight is 304 g/mol. The summed E-state index contributed by atoms with van der Waals surface area (Å²) >= 11 is 0. The van der Waals surface area contributed by atoms with E-state index in [4.69, 9.17) is 14.2 Å². The van der Waals surface area contributed by atoms with Crippen LogP contribution in [0.4, 0.5) is 0 Å². The first kappa shape index (κ1) is 18.7. The standard InChI is InChI=1S/C19H28O3/c1-5-20-19(21-6-2)14-18(22-15-16(3)4)13-12-17-10-8-7-9-11-17/h7-11,16,18-19H,5-6,14-15H2,1-4H3. The summed E-state index contributed by atoms with van der Waals surface area (Å²) in [4.78, 5) is 0. The zero-order chi connectivity index (χ0) is 16.2. The van der Waals surface area contributed by atoms with Gasteiger partial charge in [0.25, 0.3) is 0 Å². The summed E-state index contributed by atoms with van der Waals surface area (Å²) in [6.45, 7) is 10.1. The Hall–Kier alpha value is -1.34. The molecule has 0 bridgehead atoms. The Balaban J connectivity index is 2.72. The van der Waals surface area contributed by atoms with E-state index in [2.05, 4.69) is 25.7 Å². The Bertz CT molecular complexity index is 439. The Morgan fingerprint density at radius 3 is 2.14 bits per heavy atom. The van der Waals surface area contributed by atoms with E-state index in [0.717, 1.165) is 5.56 Å². The van der Waals surface area contributed by atoms with Crippen LogP contribution in [0, 0.1) is 17.8 Å². The van der Waals surface area contributed by atoms with Gasteiger partial charge < -0.3 is 14.2 Å². The van der Waals surface area contributed by atoms with Crippen molar-refractivity contribution in [1.82, 2.24) is 0 Å². The molecule has 122 valence electrons. The quantitative estimate of drug-likeness (QED) is 0.512. The van der Waals surface area contributed by atoms with Gasteiger partial charge in [0.2, 0.25) is 0 Å². The van der Waals surface area contributed by atoms with Crippen LogP contribution >= 0.6 is 0 Å². The Morgan fingerprint density at radius 1 is 0.955 bits per heavy atom. The first-order chi connectivity index (χ1) is 10.7. The van der Waals surface area contributed by atoms with E-state index < -0.39 is 0 Å². The highest BCUT2D eigenvalue weighted by Gasteiger charge is 2.16. The predicted octanol–water partition coefficient (Wildman–Crippen LogP) is 3.87. The molecule has 3 nitrogen and oxygen atoms in total. The van der Waals surface area contributed by atoms with Gasteiger partial charge in [0, 0.05) is 25.2 Å². The minimum atomic E-state index is -0.266. The Morgan fingerprint density at radius 2 is 1.59 bits per heavy atom. The second-order valence-corrected chi connectivity index (χ2v) is 5.43. The Labute approximate surface area is 135 Å². The van der Waals surface area contributed by atoms with Crippen molar-refractivity contribution in [3.8, 4) is 11.8 Å². The fourth-order valence-corrected chi connectivity index (χ4v) is 1.89. The van der Waals surface area contributed by atoms with Crippen molar-refractivity contribution >= 4 is 0 Å². The fraction of sp³-hybridized carbons (Fsp3) is 0.579. The van der Waals surface area contributed by atoms with Crippen molar-refractivity contribution in [2.45, 2.75) is 46.5 Å². The summed E-state index contributed by atoms with van der Waals surface area (Å²) in [5.41, 5.74) is 0.991. The second kappa shape index (κ2) is 11.3. The highest BCUT2D eigenvalue weighted by Crippen LogP contribution is 2.10.